The van der Waals surface area contributed by atoms with Gasteiger partial charge in [-0.15, -0.1) is 0 Å². The van der Waals surface area contributed by atoms with E-state index in [9.17, 15) is 4.21 Å². The highest BCUT2D eigenvalue weighted by molar-refractivity contribution is 7.84. The normalized spacial score (nSPS) is 14.5. The molecule has 0 saturated carbocycles. The van der Waals surface area contributed by atoms with Crippen LogP contribution in [0, 0.1) is 6.92 Å². The molecule has 0 aliphatic rings. The van der Waals surface area contributed by atoms with Crippen LogP contribution in [-0.2, 0) is 10.8 Å². The van der Waals surface area contributed by atoms with Crippen LogP contribution in [0.4, 0.5) is 5.82 Å². The Balaban J connectivity index is 2.55. The maximum Gasteiger partial charge on any atom is 0.224 e. The van der Waals surface area contributed by atoms with E-state index in [1.54, 1.807) is 6.26 Å². The number of nitrogens with one attached hydrogen (secondary N) is 1. The number of halogens is 1. The lowest BCUT2D eigenvalue weighted by Crippen LogP contribution is -2.18. The lowest BCUT2D eigenvalue weighted by molar-refractivity contribution is 0.678. The fourth-order valence-corrected chi connectivity index (χ4v) is 2.18. The van der Waals surface area contributed by atoms with Crippen LogP contribution in [0.25, 0.3) is 0 Å². The Kier molecular flexibility index (Phi) is 5.15. The minimum Gasteiger partial charge on any atom is -0.367 e. The predicted octanol–water partition coefficient (Wildman–Crippen LogP) is 2.01. The van der Waals surface area contributed by atoms with Gasteiger partial charge in [0.1, 0.15) is 5.82 Å². The van der Waals surface area contributed by atoms with Gasteiger partial charge in [-0.3, -0.25) is 4.21 Å². The van der Waals surface area contributed by atoms with E-state index in [-0.39, 0.29) is 11.3 Å². The van der Waals surface area contributed by atoms with E-state index in [0.717, 1.165) is 12.1 Å². The summed E-state index contributed by atoms with van der Waals surface area (Å²) in [6.45, 7) is 3.89. The van der Waals surface area contributed by atoms with Crippen LogP contribution >= 0.6 is 11.6 Å². The molecule has 1 rings (SSSR count). The third kappa shape index (κ3) is 4.90. The molecule has 6 heteroatoms. The molecule has 0 radical (unpaired) electrons. The summed E-state index contributed by atoms with van der Waals surface area (Å²) in [6, 6.07) is 2.06. The second kappa shape index (κ2) is 6.15. The molecule has 0 aromatic carbocycles. The largest absolute Gasteiger partial charge is 0.367 e. The molecule has 1 aromatic heterocycles. The molecule has 1 aromatic rings. The summed E-state index contributed by atoms with van der Waals surface area (Å²) in [6.07, 6.45) is 2.54. The minimum absolute atomic E-state index is 0.217. The summed E-state index contributed by atoms with van der Waals surface area (Å²) < 4.78 is 10.9. The molecule has 0 spiro atoms. The maximum atomic E-state index is 10.9. The first-order valence-corrected chi connectivity index (χ1v) is 7.15. The summed E-state index contributed by atoms with van der Waals surface area (Å²) in [7, 11) is -0.752. The molecule has 2 unspecified atom stereocenters. The highest BCUT2D eigenvalue weighted by Gasteiger charge is 2.05. The van der Waals surface area contributed by atoms with Gasteiger partial charge in [-0.2, -0.15) is 0 Å². The van der Waals surface area contributed by atoms with Crippen molar-refractivity contribution in [1.82, 2.24) is 9.97 Å². The van der Waals surface area contributed by atoms with Gasteiger partial charge in [-0.1, -0.05) is 0 Å². The lowest BCUT2D eigenvalue weighted by atomic mass is 10.2. The first kappa shape index (κ1) is 13.4. The molecule has 90 valence electrons. The van der Waals surface area contributed by atoms with Crippen molar-refractivity contribution in [3.63, 3.8) is 0 Å². The van der Waals surface area contributed by atoms with E-state index < -0.39 is 10.8 Å². The smallest absolute Gasteiger partial charge is 0.224 e. The van der Waals surface area contributed by atoms with Crippen molar-refractivity contribution in [3.05, 3.63) is 17.0 Å². The van der Waals surface area contributed by atoms with Crippen molar-refractivity contribution in [1.29, 1.82) is 0 Å². The molecule has 0 fully saturated rings. The highest BCUT2D eigenvalue weighted by atomic mass is 35.5. The van der Waals surface area contributed by atoms with Crippen LogP contribution in [0.15, 0.2) is 6.07 Å². The zero-order chi connectivity index (χ0) is 12.1. The van der Waals surface area contributed by atoms with Crippen LogP contribution in [0.1, 0.15) is 19.0 Å². The number of aryl methyl sites for hydroxylation is 1. The van der Waals surface area contributed by atoms with Gasteiger partial charge >= 0.3 is 0 Å². The molecular weight excluding hydrogens is 246 g/mol. The first-order chi connectivity index (χ1) is 7.47. The zero-order valence-corrected chi connectivity index (χ0v) is 11.2. The van der Waals surface area contributed by atoms with Crippen molar-refractivity contribution >= 4 is 28.2 Å². The Labute approximate surface area is 103 Å². The van der Waals surface area contributed by atoms with E-state index in [4.69, 9.17) is 11.6 Å². The van der Waals surface area contributed by atoms with Gasteiger partial charge < -0.3 is 5.32 Å². The second-order valence-electron chi connectivity index (χ2n) is 3.77. The molecule has 0 saturated heterocycles. The lowest BCUT2D eigenvalue weighted by Gasteiger charge is -2.13. The Hall–Kier alpha value is -0.680. The molecule has 0 aliphatic heterocycles. The molecular formula is C10H16ClN3OS. The van der Waals surface area contributed by atoms with Gasteiger partial charge in [0.25, 0.3) is 0 Å². The third-order valence-corrected chi connectivity index (χ3v) is 3.04. The second-order valence-corrected chi connectivity index (χ2v) is 5.67. The van der Waals surface area contributed by atoms with Crippen molar-refractivity contribution < 1.29 is 4.21 Å². The van der Waals surface area contributed by atoms with Gasteiger partial charge in [-0.05, 0) is 31.9 Å². The monoisotopic (exact) mass is 261 g/mol. The highest BCUT2D eigenvalue weighted by Crippen LogP contribution is 2.11. The number of aromatic nitrogens is 2. The average Bonchev–Trinajstić information content (AvgIpc) is 2.12. The third-order valence-electron chi connectivity index (χ3n) is 2.06. The Morgan fingerprint density at radius 3 is 2.81 bits per heavy atom. The Morgan fingerprint density at radius 1 is 1.56 bits per heavy atom. The van der Waals surface area contributed by atoms with Crippen LogP contribution in [0.3, 0.4) is 0 Å². The van der Waals surface area contributed by atoms with E-state index >= 15 is 0 Å². The number of rotatable bonds is 5. The van der Waals surface area contributed by atoms with Crippen molar-refractivity contribution in [2.75, 3.05) is 17.3 Å². The van der Waals surface area contributed by atoms with Crippen LogP contribution in [0.5, 0.6) is 0 Å². The fourth-order valence-electron chi connectivity index (χ4n) is 1.27. The van der Waals surface area contributed by atoms with Gasteiger partial charge in [0, 0.05) is 40.6 Å². The molecule has 0 amide bonds. The Bertz CT molecular complexity index is 366. The first-order valence-electron chi connectivity index (χ1n) is 5.05. The quantitative estimate of drug-likeness (QED) is 0.824. The van der Waals surface area contributed by atoms with E-state index in [0.29, 0.717) is 11.6 Å². The van der Waals surface area contributed by atoms with Gasteiger partial charge in [0.05, 0.1) is 0 Å². The number of hydrogen-bond acceptors (Lipinski definition) is 4. The van der Waals surface area contributed by atoms with Crippen LogP contribution < -0.4 is 5.32 Å². The van der Waals surface area contributed by atoms with Crippen molar-refractivity contribution in [2.24, 2.45) is 0 Å². The molecule has 0 bridgehead atoms. The van der Waals surface area contributed by atoms with E-state index in [1.165, 1.54) is 0 Å². The van der Waals surface area contributed by atoms with Crippen molar-refractivity contribution in [2.45, 2.75) is 26.3 Å². The standard InChI is InChI=1S/C10H16ClN3OS/c1-7(4-5-16(3)15)12-9-6-8(2)13-10(11)14-9/h6-7H,4-5H2,1-3H3,(H,12,13,14). The molecule has 16 heavy (non-hydrogen) atoms. The maximum absolute atomic E-state index is 10.9. The Morgan fingerprint density at radius 2 is 2.25 bits per heavy atom. The average molecular weight is 262 g/mol. The summed E-state index contributed by atoms with van der Waals surface area (Å²) in [4.78, 5) is 8.05. The van der Waals surface area contributed by atoms with Gasteiger partial charge in [0.15, 0.2) is 0 Å². The molecule has 1 heterocycles. The van der Waals surface area contributed by atoms with Crippen LogP contribution in [0.2, 0.25) is 5.28 Å². The van der Waals surface area contributed by atoms with E-state index in [2.05, 4.69) is 15.3 Å². The topological polar surface area (TPSA) is 54.9 Å². The zero-order valence-electron chi connectivity index (χ0n) is 9.66. The van der Waals surface area contributed by atoms with Gasteiger partial charge in [-0.25, -0.2) is 9.97 Å². The van der Waals surface area contributed by atoms with Gasteiger partial charge in [0.2, 0.25) is 5.28 Å². The summed E-state index contributed by atoms with van der Waals surface area (Å²) >= 11 is 5.75. The molecule has 0 aliphatic carbocycles. The number of anilines is 1. The predicted molar refractivity (Wildman–Crippen MR) is 68.4 cm³/mol. The number of nitrogens with zero attached hydrogens (tertiary/aromatic N) is 2. The minimum atomic E-state index is -0.752. The SMILES string of the molecule is Cc1cc(NC(C)CCS(C)=O)nc(Cl)n1. The van der Waals surface area contributed by atoms with E-state index in [1.807, 2.05) is 19.9 Å². The summed E-state index contributed by atoms with van der Waals surface area (Å²) in [5, 5.41) is 3.45. The summed E-state index contributed by atoms with van der Waals surface area (Å²) in [5.74, 6) is 1.40. The molecule has 4 nitrogen and oxygen atoms in total. The fraction of sp³-hybridized carbons (Fsp3) is 0.600. The molecule has 2 atom stereocenters. The number of hydrogen-bond donors (Lipinski definition) is 1. The molecule has 1 N–H and O–H groups in total. The van der Waals surface area contributed by atoms with Crippen molar-refractivity contribution in [3.8, 4) is 0 Å². The summed E-state index contributed by atoms with van der Waals surface area (Å²) in [5.41, 5.74) is 0.828. The van der Waals surface area contributed by atoms with Crippen LogP contribution in [-0.4, -0.2) is 32.2 Å².